The molecule has 0 spiro atoms. The topological polar surface area (TPSA) is 29.1 Å². The van der Waals surface area contributed by atoms with Crippen LogP contribution in [0.5, 0.6) is 0 Å². The molecule has 0 aromatic heterocycles. The minimum absolute atomic E-state index is 0.113. The van der Waals surface area contributed by atoms with Crippen LogP contribution in [0, 0.1) is 5.82 Å². The Kier molecular flexibility index (Phi) is 5.26. The minimum Gasteiger partial charge on any atom is -0.353 e. The van der Waals surface area contributed by atoms with Crippen molar-refractivity contribution in [3.8, 4) is 0 Å². The van der Waals surface area contributed by atoms with Crippen LogP contribution in [0.25, 0.3) is 6.08 Å². The zero-order chi connectivity index (χ0) is 11.8. The van der Waals surface area contributed by atoms with Crippen molar-refractivity contribution in [1.82, 2.24) is 5.32 Å². The molecule has 0 fully saturated rings. The van der Waals surface area contributed by atoms with Gasteiger partial charge in [0, 0.05) is 12.6 Å². The number of hydrogen-bond acceptors (Lipinski definition) is 1. The number of halogens is 1. The second kappa shape index (κ2) is 6.77. The number of unbranched alkanes of at least 4 members (excludes halogenated alkanes) is 1. The van der Waals surface area contributed by atoms with Crippen LogP contribution in [0.3, 0.4) is 0 Å². The summed E-state index contributed by atoms with van der Waals surface area (Å²) in [6.07, 6.45) is 5.17. The lowest BCUT2D eigenvalue weighted by molar-refractivity contribution is -0.116. The largest absolute Gasteiger partial charge is 0.353 e. The van der Waals surface area contributed by atoms with E-state index in [1.807, 2.05) is 0 Å². The fourth-order valence-corrected chi connectivity index (χ4v) is 1.19. The molecule has 0 saturated carbocycles. The molecule has 0 bridgehead atoms. The molecule has 1 amide bonds. The van der Waals surface area contributed by atoms with Gasteiger partial charge in [0.1, 0.15) is 5.82 Å². The Morgan fingerprint density at radius 1 is 1.38 bits per heavy atom. The highest BCUT2D eigenvalue weighted by atomic mass is 19.1. The zero-order valence-corrected chi connectivity index (χ0v) is 9.37. The Labute approximate surface area is 95.2 Å². The van der Waals surface area contributed by atoms with Gasteiger partial charge in [0.15, 0.2) is 0 Å². The maximum atomic E-state index is 12.6. The summed E-state index contributed by atoms with van der Waals surface area (Å²) in [5.41, 5.74) is 0.812. The van der Waals surface area contributed by atoms with E-state index in [-0.39, 0.29) is 11.7 Å². The lowest BCUT2D eigenvalue weighted by atomic mass is 10.2. The summed E-state index contributed by atoms with van der Waals surface area (Å²) in [5.74, 6) is -0.387. The molecule has 0 atom stereocenters. The van der Waals surface area contributed by atoms with E-state index >= 15 is 0 Å². The molecule has 1 rings (SSSR count). The van der Waals surface area contributed by atoms with Crippen LogP contribution in [-0.4, -0.2) is 12.5 Å². The van der Waals surface area contributed by atoms with E-state index in [2.05, 4.69) is 12.2 Å². The molecule has 86 valence electrons. The smallest absolute Gasteiger partial charge is 0.243 e. The molecule has 3 heteroatoms. The maximum absolute atomic E-state index is 12.6. The van der Waals surface area contributed by atoms with Gasteiger partial charge in [0.2, 0.25) is 5.91 Å². The van der Waals surface area contributed by atoms with E-state index in [1.165, 1.54) is 18.2 Å². The maximum Gasteiger partial charge on any atom is 0.243 e. The Hall–Kier alpha value is -1.64. The number of carbonyl (C=O) groups is 1. The average Bonchev–Trinajstić information content (AvgIpc) is 2.29. The number of hydrogen-bond donors (Lipinski definition) is 1. The van der Waals surface area contributed by atoms with Gasteiger partial charge < -0.3 is 5.32 Å². The monoisotopic (exact) mass is 221 g/mol. The van der Waals surface area contributed by atoms with Crippen LogP contribution in [0.15, 0.2) is 30.3 Å². The van der Waals surface area contributed by atoms with Crippen molar-refractivity contribution in [2.75, 3.05) is 6.54 Å². The number of rotatable bonds is 5. The molecule has 0 aliphatic carbocycles. The van der Waals surface area contributed by atoms with Gasteiger partial charge in [0.25, 0.3) is 0 Å². The molecule has 0 unspecified atom stereocenters. The van der Waals surface area contributed by atoms with Gasteiger partial charge in [0.05, 0.1) is 0 Å². The fraction of sp³-hybridized carbons (Fsp3) is 0.308. The molecule has 1 aromatic rings. The second-order valence-corrected chi connectivity index (χ2v) is 3.53. The van der Waals surface area contributed by atoms with Crippen molar-refractivity contribution >= 4 is 12.0 Å². The van der Waals surface area contributed by atoms with Gasteiger partial charge in [-0.2, -0.15) is 0 Å². The summed E-state index contributed by atoms with van der Waals surface area (Å²) in [6, 6.07) is 6.00. The standard InChI is InChI=1S/C13H16FNO/c1-2-3-10-15-13(16)9-6-11-4-7-12(14)8-5-11/h4-9H,2-3,10H2,1H3,(H,15,16). The van der Waals surface area contributed by atoms with Crippen LogP contribution in [0.4, 0.5) is 4.39 Å². The predicted molar refractivity (Wildman–Crippen MR) is 63.4 cm³/mol. The first-order chi connectivity index (χ1) is 7.72. The Morgan fingerprint density at radius 3 is 2.69 bits per heavy atom. The average molecular weight is 221 g/mol. The first-order valence-corrected chi connectivity index (χ1v) is 5.44. The molecule has 0 aliphatic heterocycles. The van der Waals surface area contributed by atoms with Crippen molar-refractivity contribution in [1.29, 1.82) is 0 Å². The summed E-state index contributed by atoms with van der Waals surface area (Å²) in [4.78, 5) is 11.3. The quantitative estimate of drug-likeness (QED) is 0.601. The zero-order valence-electron chi connectivity index (χ0n) is 9.37. The highest BCUT2D eigenvalue weighted by Crippen LogP contribution is 2.04. The molecule has 2 nitrogen and oxygen atoms in total. The van der Waals surface area contributed by atoms with Crippen molar-refractivity contribution in [2.24, 2.45) is 0 Å². The van der Waals surface area contributed by atoms with Gasteiger partial charge in [-0.3, -0.25) is 4.79 Å². The predicted octanol–water partition coefficient (Wildman–Crippen LogP) is 2.76. The highest BCUT2D eigenvalue weighted by Gasteiger charge is 1.94. The third kappa shape index (κ3) is 4.73. The highest BCUT2D eigenvalue weighted by molar-refractivity contribution is 5.91. The number of amides is 1. The van der Waals surface area contributed by atoms with E-state index in [0.29, 0.717) is 6.54 Å². The van der Waals surface area contributed by atoms with E-state index < -0.39 is 0 Å². The normalized spacial score (nSPS) is 10.6. The summed E-state index contributed by atoms with van der Waals surface area (Å²) in [6.45, 7) is 2.77. The summed E-state index contributed by atoms with van der Waals surface area (Å²) in [5, 5.41) is 2.77. The van der Waals surface area contributed by atoms with Crippen LogP contribution in [0.2, 0.25) is 0 Å². The minimum atomic E-state index is -0.274. The van der Waals surface area contributed by atoms with Crippen molar-refractivity contribution in [3.63, 3.8) is 0 Å². The Morgan fingerprint density at radius 2 is 2.06 bits per heavy atom. The molecular weight excluding hydrogens is 205 g/mol. The lowest BCUT2D eigenvalue weighted by Gasteiger charge is -1.99. The van der Waals surface area contributed by atoms with E-state index in [1.54, 1.807) is 18.2 Å². The Balaban J connectivity index is 2.41. The molecule has 0 aliphatic rings. The van der Waals surface area contributed by atoms with Gasteiger partial charge in [-0.15, -0.1) is 0 Å². The van der Waals surface area contributed by atoms with Gasteiger partial charge in [-0.1, -0.05) is 25.5 Å². The number of carbonyl (C=O) groups excluding carboxylic acids is 1. The molecule has 0 heterocycles. The van der Waals surface area contributed by atoms with Crippen molar-refractivity contribution < 1.29 is 9.18 Å². The third-order valence-corrected chi connectivity index (χ3v) is 2.13. The first kappa shape index (κ1) is 12.4. The van der Waals surface area contributed by atoms with Crippen molar-refractivity contribution in [3.05, 3.63) is 41.7 Å². The summed E-state index contributed by atoms with van der Waals surface area (Å²) in [7, 11) is 0. The third-order valence-electron chi connectivity index (χ3n) is 2.13. The van der Waals surface area contributed by atoms with Gasteiger partial charge in [-0.25, -0.2) is 4.39 Å². The van der Waals surface area contributed by atoms with E-state index in [0.717, 1.165) is 18.4 Å². The van der Waals surface area contributed by atoms with Gasteiger partial charge >= 0.3 is 0 Å². The van der Waals surface area contributed by atoms with Crippen LogP contribution in [0.1, 0.15) is 25.3 Å². The molecule has 1 aromatic carbocycles. The van der Waals surface area contributed by atoms with Crippen LogP contribution >= 0.6 is 0 Å². The lowest BCUT2D eigenvalue weighted by Crippen LogP contribution is -2.21. The fourth-order valence-electron chi connectivity index (χ4n) is 1.19. The van der Waals surface area contributed by atoms with E-state index in [4.69, 9.17) is 0 Å². The number of benzene rings is 1. The summed E-state index contributed by atoms with van der Waals surface area (Å²) < 4.78 is 12.6. The molecule has 0 saturated heterocycles. The van der Waals surface area contributed by atoms with Crippen LogP contribution in [-0.2, 0) is 4.79 Å². The van der Waals surface area contributed by atoms with E-state index in [9.17, 15) is 9.18 Å². The summed E-state index contributed by atoms with van der Waals surface area (Å²) >= 11 is 0. The molecule has 16 heavy (non-hydrogen) atoms. The molecule has 0 radical (unpaired) electrons. The SMILES string of the molecule is CCCCNC(=O)C=Cc1ccc(F)cc1. The number of nitrogens with one attached hydrogen (secondary N) is 1. The van der Waals surface area contributed by atoms with Gasteiger partial charge in [-0.05, 0) is 30.2 Å². The van der Waals surface area contributed by atoms with Crippen LogP contribution < -0.4 is 5.32 Å². The first-order valence-electron chi connectivity index (χ1n) is 5.44. The molecular formula is C13H16FNO. The van der Waals surface area contributed by atoms with Crippen molar-refractivity contribution in [2.45, 2.75) is 19.8 Å². The second-order valence-electron chi connectivity index (χ2n) is 3.53. The Bertz CT molecular complexity index is 357. The molecule has 1 N–H and O–H groups in total.